The topological polar surface area (TPSA) is 98.1 Å². The number of carbonyl (C=O) groups excluding carboxylic acids is 2. The number of methoxy groups -OCH3 is 1. The first-order valence-electron chi connectivity index (χ1n) is 10.1. The van der Waals surface area contributed by atoms with E-state index < -0.39 is 5.91 Å². The average Bonchev–Trinajstić information content (AvgIpc) is 3.13. The second-order valence-electron chi connectivity index (χ2n) is 7.39. The highest BCUT2D eigenvalue weighted by atomic mass is 16.5. The Bertz CT molecular complexity index is 1290. The van der Waals surface area contributed by atoms with Gasteiger partial charge in [-0.15, -0.1) is 0 Å². The maximum absolute atomic E-state index is 13.0. The standard InChI is InChI=1S/C24H23N5O3/c1-15-12-16(2)29(28-15)14-23(30)26-27-24(31)20-13-22(17-8-10-18(32-3)11-9-17)25-21-7-5-4-6-19(20)21/h4-13H,14H2,1-3H3,(H,26,30)(H,27,31). The van der Waals surface area contributed by atoms with Gasteiger partial charge in [-0.3, -0.25) is 25.1 Å². The molecule has 162 valence electrons. The fourth-order valence-corrected chi connectivity index (χ4v) is 3.48. The van der Waals surface area contributed by atoms with Crippen LogP contribution >= 0.6 is 0 Å². The summed E-state index contributed by atoms with van der Waals surface area (Å²) in [4.78, 5) is 30.0. The summed E-state index contributed by atoms with van der Waals surface area (Å²) in [6, 6.07) is 18.4. The van der Waals surface area contributed by atoms with Crippen molar-refractivity contribution in [3.63, 3.8) is 0 Å². The molecule has 2 heterocycles. The molecule has 8 nitrogen and oxygen atoms in total. The Morgan fingerprint density at radius 3 is 2.44 bits per heavy atom. The highest BCUT2D eigenvalue weighted by molar-refractivity contribution is 6.07. The van der Waals surface area contributed by atoms with Gasteiger partial charge in [0.05, 0.1) is 29.6 Å². The summed E-state index contributed by atoms with van der Waals surface area (Å²) in [5.74, 6) is -0.0730. The Morgan fingerprint density at radius 1 is 1.00 bits per heavy atom. The number of carbonyl (C=O) groups is 2. The van der Waals surface area contributed by atoms with Crippen LogP contribution in [0.15, 0.2) is 60.7 Å². The van der Waals surface area contributed by atoms with E-state index in [1.807, 2.05) is 68.4 Å². The van der Waals surface area contributed by atoms with Gasteiger partial charge in [0.15, 0.2) is 0 Å². The van der Waals surface area contributed by atoms with Gasteiger partial charge in [0.25, 0.3) is 11.8 Å². The number of aromatic nitrogens is 3. The third-order valence-electron chi connectivity index (χ3n) is 5.06. The maximum atomic E-state index is 13.0. The zero-order valence-electron chi connectivity index (χ0n) is 18.0. The molecule has 2 aromatic carbocycles. The van der Waals surface area contributed by atoms with Crippen LogP contribution < -0.4 is 15.6 Å². The van der Waals surface area contributed by atoms with Crippen LogP contribution in [0, 0.1) is 13.8 Å². The summed E-state index contributed by atoms with van der Waals surface area (Å²) in [6.07, 6.45) is 0. The number of fused-ring (bicyclic) bond motifs is 1. The highest BCUT2D eigenvalue weighted by Gasteiger charge is 2.15. The molecule has 0 saturated heterocycles. The number of aryl methyl sites for hydroxylation is 2. The number of rotatable bonds is 5. The third-order valence-corrected chi connectivity index (χ3v) is 5.06. The van der Waals surface area contributed by atoms with Gasteiger partial charge in [-0.1, -0.05) is 18.2 Å². The number of ether oxygens (including phenoxy) is 1. The van der Waals surface area contributed by atoms with Crippen LogP contribution in [0.4, 0.5) is 0 Å². The van der Waals surface area contributed by atoms with Crippen LogP contribution in [-0.4, -0.2) is 33.7 Å². The summed E-state index contributed by atoms with van der Waals surface area (Å²) in [5, 5.41) is 4.95. The van der Waals surface area contributed by atoms with E-state index in [1.165, 1.54) is 0 Å². The van der Waals surface area contributed by atoms with Crippen molar-refractivity contribution in [2.45, 2.75) is 20.4 Å². The lowest BCUT2D eigenvalue weighted by atomic mass is 10.0. The van der Waals surface area contributed by atoms with Crippen molar-refractivity contribution < 1.29 is 14.3 Å². The predicted molar refractivity (Wildman–Crippen MR) is 121 cm³/mol. The zero-order chi connectivity index (χ0) is 22.7. The molecule has 0 saturated carbocycles. The number of para-hydroxylation sites is 1. The Balaban J connectivity index is 1.57. The third kappa shape index (κ3) is 4.44. The van der Waals surface area contributed by atoms with Gasteiger partial charge < -0.3 is 4.74 Å². The lowest BCUT2D eigenvalue weighted by Gasteiger charge is -2.12. The van der Waals surface area contributed by atoms with Crippen LogP contribution in [0.25, 0.3) is 22.2 Å². The largest absolute Gasteiger partial charge is 0.497 e. The molecule has 4 rings (SSSR count). The molecule has 0 aliphatic carbocycles. The minimum absolute atomic E-state index is 0.00808. The predicted octanol–water partition coefficient (Wildman–Crippen LogP) is 3.18. The summed E-state index contributed by atoms with van der Waals surface area (Å²) < 4.78 is 6.80. The summed E-state index contributed by atoms with van der Waals surface area (Å²) in [5.41, 5.74) is 9.25. The van der Waals surface area contributed by atoms with Crippen LogP contribution in [0.5, 0.6) is 5.75 Å². The van der Waals surface area contributed by atoms with Crippen molar-refractivity contribution in [3.05, 3.63) is 77.6 Å². The fourth-order valence-electron chi connectivity index (χ4n) is 3.48. The van der Waals surface area contributed by atoms with E-state index in [2.05, 4.69) is 20.9 Å². The molecule has 0 aliphatic rings. The van der Waals surface area contributed by atoms with Crippen molar-refractivity contribution >= 4 is 22.7 Å². The molecule has 0 radical (unpaired) electrons. The zero-order valence-corrected chi connectivity index (χ0v) is 18.0. The number of hydrogen-bond donors (Lipinski definition) is 2. The molecule has 0 aliphatic heterocycles. The smallest absolute Gasteiger partial charge is 0.270 e. The minimum Gasteiger partial charge on any atom is -0.497 e. The summed E-state index contributed by atoms with van der Waals surface area (Å²) >= 11 is 0. The minimum atomic E-state index is -0.430. The Hall–Kier alpha value is -4.20. The first-order valence-corrected chi connectivity index (χ1v) is 10.1. The molecule has 2 amide bonds. The highest BCUT2D eigenvalue weighted by Crippen LogP contribution is 2.26. The second kappa shape index (κ2) is 8.89. The van der Waals surface area contributed by atoms with E-state index in [-0.39, 0.29) is 12.5 Å². The van der Waals surface area contributed by atoms with E-state index in [1.54, 1.807) is 17.9 Å². The maximum Gasteiger partial charge on any atom is 0.270 e. The van der Waals surface area contributed by atoms with Crippen LogP contribution in [0.3, 0.4) is 0 Å². The number of amides is 2. The number of nitrogens with one attached hydrogen (secondary N) is 2. The summed E-state index contributed by atoms with van der Waals surface area (Å²) in [6.45, 7) is 3.74. The molecule has 2 N–H and O–H groups in total. The van der Waals surface area contributed by atoms with Crippen molar-refractivity contribution in [1.82, 2.24) is 25.6 Å². The summed E-state index contributed by atoms with van der Waals surface area (Å²) in [7, 11) is 1.61. The van der Waals surface area contributed by atoms with Gasteiger partial charge in [-0.2, -0.15) is 5.10 Å². The first kappa shape index (κ1) is 21.0. The molecule has 8 heteroatoms. The fraction of sp³-hybridized carbons (Fsp3) is 0.167. The van der Waals surface area contributed by atoms with Gasteiger partial charge >= 0.3 is 0 Å². The van der Waals surface area contributed by atoms with Gasteiger partial charge in [0, 0.05) is 16.6 Å². The molecule has 0 atom stereocenters. The quantitative estimate of drug-likeness (QED) is 0.475. The van der Waals surface area contributed by atoms with Crippen LogP contribution in [0.2, 0.25) is 0 Å². The molecular formula is C24H23N5O3. The molecule has 2 aromatic heterocycles. The van der Waals surface area contributed by atoms with Crippen molar-refractivity contribution in [1.29, 1.82) is 0 Å². The molecule has 0 unspecified atom stereocenters. The molecule has 4 aromatic rings. The lowest BCUT2D eigenvalue weighted by Crippen LogP contribution is -2.43. The average molecular weight is 429 g/mol. The van der Waals surface area contributed by atoms with Gasteiger partial charge in [-0.25, -0.2) is 4.98 Å². The molecule has 32 heavy (non-hydrogen) atoms. The number of hydrogen-bond acceptors (Lipinski definition) is 5. The van der Waals surface area contributed by atoms with E-state index in [0.717, 1.165) is 22.7 Å². The van der Waals surface area contributed by atoms with Crippen LogP contribution in [-0.2, 0) is 11.3 Å². The van der Waals surface area contributed by atoms with Gasteiger partial charge in [0.2, 0.25) is 0 Å². The van der Waals surface area contributed by atoms with E-state index >= 15 is 0 Å². The normalized spacial score (nSPS) is 10.7. The molecule has 0 bridgehead atoms. The van der Waals surface area contributed by atoms with Crippen molar-refractivity contribution in [2.75, 3.05) is 7.11 Å². The van der Waals surface area contributed by atoms with E-state index in [9.17, 15) is 9.59 Å². The monoisotopic (exact) mass is 429 g/mol. The van der Waals surface area contributed by atoms with Gasteiger partial charge in [0.1, 0.15) is 12.3 Å². The van der Waals surface area contributed by atoms with Crippen LogP contribution in [0.1, 0.15) is 21.7 Å². The second-order valence-corrected chi connectivity index (χ2v) is 7.39. The van der Waals surface area contributed by atoms with Gasteiger partial charge in [-0.05, 0) is 56.3 Å². The van der Waals surface area contributed by atoms with E-state index in [4.69, 9.17) is 4.74 Å². The lowest BCUT2D eigenvalue weighted by molar-refractivity contribution is -0.122. The number of pyridine rings is 1. The SMILES string of the molecule is COc1ccc(-c2cc(C(=O)NNC(=O)Cn3nc(C)cc3C)c3ccccc3n2)cc1. The Labute approximate surface area is 185 Å². The Kier molecular flexibility index (Phi) is 5.85. The molecule has 0 spiro atoms. The number of hydrazine groups is 1. The number of benzene rings is 2. The van der Waals surface area contributed by atoms with Crippen molar-refractivity contribution in [2.24, 2.45) is 0 Å². The Morgan fingerprint density at radius 2 is 1.75 bits per heavy atom. The van der Waals surface area contributed by atoms with Crippen molar-refractivity contribution in [3.8, 4) is 17.0 Å². The molecular weight excluding hydrogens is 406 g/mol. The first-order chi connectivity index (χ1) is 15.4. The number of nitrogens with zero attached hydrogens (tertiary/aromatic N) is 3. The van der Waals surface area contributed by atoms with E-state index in [0.29, 0.717) is 22.2 Å². The molecule has 0 fully saturated rings.